The van der Waals surface area contributed by atoms with E-state index in [1.807, 2.05) is 6.07 Å². The number of benzene rings is 1. The van der Waals surface area contributed by atoms with Gasteiger partial charge in [-0.3, -0.25) is 14.6 Å². The average Bonchev–Trinajstić information content (AvgIpc) is 2.49. The lowest BCUT2D eigenvalue weighted by molar-refractivity contribution is 0.0993. The number of nitrogens with zero attached hydrogens (tertiary/aromatic N) is 2. The van der Waals surface area contributed by atoms with E-state index in [0.29, 0.717) is 0 Å². The number of amides is 2. The molecule has 0 unspecified atom stereocenters. The molecule has 1 aromatic carbocycles. The average molecular weight is 282 g/mol. The van der Waals surface area contributed by atoms with E-state index in [9.17, 15) is 14.7 Å². The number of anilines is 1. The maximum atomic E-state index is 11.9. The molecule has 0 atom stereocenters. The lowest BCUT2D eigenvalue weighted by Gasteiger charge is -2.07. The van der Waals surface area contributed by atoms with Crippen LogP contribution in [0.25, 0.3) is 0 Å². The smallest absolute Gasteiger partial charge is 0.274 e. The molecule has 0 saturated carbocycles. The Balaban J connectivity index is 2.18. The third-order valence-corrected chi connectivity index (χ3v) is 2.66. The molecular weight excluding hydrogens is 272 g/mol. The van der Waals surface area contributed by atoms with Crippen LogP contribution in [0.2, 0.25) is 0 Å². The maximum absolute atomic E-state index is 11.9. The van der Waals surface area contributed by atoms with Crippen LogP contribution in [0.4, 0.5) is 5.69 Å². The monoisotopic (exact) mass is 282 g/mol. The summed E-state index contributed by atoms with van der Waals surface area (Å²) in [5.41, 5.74) is 5.74. The number of nitrogens with two attached hydrogens (primary N) is 1. The SMILES string of the molecule is N#Cc1ccc(NC(=O)c2ccc(C(N)=O)cn2)c(O)c1. The third-order valence-electron chi connectivity index (χ3n) is 2.66. The summed E-state index contributed by atoms with van der Waals surface area (Å²) in [6.45, 7) is 0. The number of hydrogen-bond donors (Lipinski definition) is 3. The molecule has 0 saturated heterocycles. The first-order valence-corrected chi connectivity index (χ1v) is 5.81. The van der Waals surface area contributed by atoms with Gasteiger partial charge in [0.25, 0.3) is 5.91 Å². The van der Waals surface area contributed by atoms with Crippen molar-refractivity contribution in [3.05, 3.63) is 53.3 Å². The topological polar surface area (TPSA) is 129 Å². The number of carbonyl (C=O) groups excluding carboxylic acids is 2. The van der Waals surface area contributed by atoms with Crippen molar-refractivity contribution in [1.82, 2.24) is 4.98 Å². The van der Waals surface area contributed by atoms with Gasteiger partial charge in [-0.25, -0.2) is 0 Å². The highest BCUT2D eigenvalue weighted by molar-refractivity contribution is 6.04. The van der Waals surface area contributed by atoms with E-state index < -0.39 is 11.8 Å². The van der Waals surface area contributed by atoms with Crippen LogP contribution in [0, 0.1) is 11.3 Å². The van der Waals surface area contributed by atoms with Crippen LogP contribution in [0.5, 0.6) is 5.75 Å². The molecule has 7 heteroatoms. The van der Waals surface area contributed by atoms with Crippen molar-refractivity contribution in [2.75, 3.05) is 5.32 Å². The van der Waals surface area contributed by atoms with Gasteiger partial charge in [-0.1, -0.05) is 0 Å². The lowest BCUT2D eigenvalue weighted by atomic mass is 10.2. The summed E-state index contributed by atoms with van der Waals surface area (Å²) in [5, 5.41) is 20.8. The summed E-state index contributed by atoms with van der Waals surface area (Å²) in [5.74, 6) is -1.43. The highest BCUT2D eigenvalue weighted by Crippen LogP contribution is 2.24. The Morgan fingerprint density at radius 3 is 2.57 bits per heavy atom. The van der Waals surface area contributed by atoms with Gasteiger partial charge in [-0.15, -0.1) is 0 Å². The van der Waals surface area contributed by atoms with Crippen LogP contribution in [0.15, 0.2) is 36.5 Å². The second kappa shape index (κ2) is 5.71. The van der Waals surface area contributed by atoms with E-state index in [1.54, 1.807) is 0 Å². The van der Waals surface area contributed by atoms with Crippen molar-refractivity contribution in [1.29, 1.82) is 5.26 Å². The maximum Gasteiger partial charge on any atom is 0.274 e. The van der Waals surface area contributed by atoms with Gasteiger partial charge < -0.3 is 16.2 Å². The van der Waals surface area contributed by atoms with Crippen LogP contribution >= 0.6 is 0 Å². The van der Waals surface area contributed by atoms with Gasteiger partial charge in [0.05, 0.1) is 22.9 Å². The van der Waals surface area contributed by atoms with Gasteiger partial charge in [0, 0.05) is 6.20 Å². The number of phenolic OH excluding ortho intramolecular Hbond substituents is 1. The molecule has 2 rings (SSSR count). The zero-order valence-corrected chi connectivity index (χ0v) is 10.7. The molecule has 1 heterocycles. The normalized spacial score (nSPS) is 9.67. The number of nitrogens with one attached hydrogen (secondary N) is 1. The standard InChI is InChI=1S/C14H10N4O3/c15-6-8-1-3-10(12(19)5-8)18-14(21)11-4-2-9(7-17-11)13(16)20/h1-5,7,19H,(H2,16,20)(H,18,21). The summed E-state index contributed by atoms with van der Waals surface area (Å²) < 4.78 is 0. The van der Waals surface area contributed by atoms with E-state index in [0.717, 1.165) is 0 Å². The molecule has 21 heavy (non-hydrogen) atoms. The van der Waals surface area contributed by atoms with Crippen molar-refractivity contribution in [3.63, 3.8) is 0 Å². The Hall–Kier alpha value is -3.40. The summed E-state index contributed by atoms with van der Waals surface area (Å²) in [6, 6.07) is 8.69. The number of carbonyl (C=O) groups is 2. The molecule has 0 spiro atoms. The van der Waals surface area contributed by atoms with Crippen molar-refractivity contribution < 1.29 is 14.7 Å². The second-order valence-electron chi connectivity index (χ2n) is 4.09. The minimum absolute atomic E-state index is 0.0590. The molecule has 0 fully saturated rings. The Bertz CT molecular complexity index is 748. The molecule has 0 aliphatic carbocycles. The number of rotatable bonds is 3. The minimum Gasteiger partial charge on any atom is -0.506 e. The molecule has 2 amide bonds. The molecule has 0 aliphatic heterocycles. The number of aromatic hydroxyl groups is 1. The van der Waals surface area contributed by atoms with E-state index in [1.165, 1.54) is 36.5 Å². The Morgan fingerprint density at radius 2 is 2.05 bits per heavy atom. The van der Waals surface area contributed by atoms with E-state index >= 15 is 0 Å². The first kappa shape index (κ1) is 14.0. The first-order chi connectivity index (χ1) is 10.0. The van der Waals surface area contributed by atoms with E-state index in [-0.39, 0.29) is 28.3 Å². The lowest BCUT2D eigenvalue weighted by Crippen LogP contribution is -2.16. The second-order valence-corrected chi connectivity index (χ2v) is 4.09. The largest absolute Gasteiger partial charge is 0.506 e. The molecule has 4 N–H and O–H groups in total. The van der Waals surface area contributed by atoms with Crippen molar-refractivity contribution in [2.45, 2.75) is 0 Å². The Morgan fingerprint density at radius 1 is 1.29 bits per heavy atom. The molecule has 0 radical (unpaired) electrons. The van der Waals surface area contributed by atoms with Gasteiger partial charge in [-0.05, 0) is 30.3 Å². The van der Waals surface area contributed by atoms with Crippen molar-refractivity contribution in [3.8, 4) is 11.8 Å². The summed E-state index contributed by atoms with van der Waals surface area (Å²) in [7, 11) is 0. The number of hydrogen-bond acceptors (Lipinski definition) is 5. The molecule has 1 aromatic heterocycles. The number of phenols is 1. The van der Waals surface area contributed by atoms with Gasteiger partial charge >= 0.3 is 0 Å². The Labute approximate surface area is 119 Å². The zero-order valence-electron chi connectivity index (χ0n) is 10.7. The van der Waals surface area contributed by atoms with Crippen molar-refractivity contribution >= 4 is 17.5 Å². The van der Waals surface area contributed by atoms with E-state index in [2.05, 4.69) is 10.3 Å². The fourth-order valence-corrected chi connectivity index (χ4v) is 1.57. The third kappa shape index (κ3) is 3.13. The molecule has 0 aliphatic rings. The molecule has 104 valence electrons. The first-order valence-electron chi connectivity index (χ1n) is 5.81. The molecular formula is C14H10N4O3. The quantitative estimate of drug-likeness (QED) is 0.723. The fraction of sp³-hybridized carbons (Fsp3) is 0. The summed E-state index contributed by atoms with van der Waals surface area (Å²) in [4.78, 5) is 26.6. The zero-order chi connectivity index (χ0) is 15.4. The summed E-state index contributed by atoms with van der Waals surface area (Å²) in [6.07, 6.45) is 1.19. The van der Waals surface area contributed by atoms with Gasteiger partial charge in [0.15, 0.2) is 0 Å². The number of nitriles is 1. The highest BCUT2D eigenvalue weighted by Gasteiger charge is 2.11. The van der Waals surface area contributed by atoms with Gasteiger partial charge in [0.1, 0.15) is 11.4 Å². The summed E-state index contributed by atoms with van der Waals surface area (Å²) >= 11 is 0. The van der Waals surface area contributed by atoms with Crippen LogP contribution in [-0.2, 0) is 0 Å². The predicted octanol–water partition coefficient (Wildman–Crippen LogP) is 1.01. The minimum atomic E-state index is -0.640. The fourth-order valence-electron chi connectivity index (χ4n) is 1.57. The Kier molecular flexibility index (Phi) is 3.81. The number of pyridine rings is 1. The van der Waals surface area contributed by atoms with Gasteiger partial charge in [-0.2, -0.15) is 5.26 Å². The highest BCUT2D eigenvalue weighted by atomic mass is 16.3. The predicted molar refractivity (Wildman–Crippen MR) is 73.5 cm³/mol. The van der Waals surface area contributed by atoms with Crippen molar-refractivity contribution in [2.24, 2.45) is 5.73 Å². The van der Waals surface area contributed by atoms with Crippen LogP contribution in [0.1, 0.15) is 26.4 Å². The van der Waals surface area contributed by atoms with Gasteiger partial charge in [0.2, 0.25) is 5.91 Å². The van der Waals surface area contributed by atoms with Crippen LogP contribution < -0.4 is 11.1 Å². The van der Waals surface area contributed by atoms with E-state index in [4.69, 9.17) is 11.0 Å². The number of primary amides is 1. The molecule has 7 nitrogen and oxygen atoms in total. The van der Waals surface area contributed by atoms with Crippen LogP contribution in [-0.4, -0.2) is 21.9 Å². The molecule has 0 bridgehead atoms. The number of aromatic nitrogens is 1. The van der Waals surface area contributed by atoms with Crippen LogP contribution in [0.3, 0.4) is 0 Å². The molecule has 2 aromatic rings.